The van der Waals surface area contributed by atoms with Crippen molar-refractivity contribution in [3.63, 3.8) is 0 Å². The van der Waals surface area contributed by atoms with Crippen molar-refractivity contribution in [1.82, 2.24) is 0 Å². The first kappa shape index (κ1) is 14.1. The van der Waals surface area contributed by atoms with Gasteiger partial charge in [-0.2, -0.15) is 0 Å². The molecule has 0 heterocycles. The van der Waals surface area contributed by atoms with E-state index in [1.807, 2.05) is 0 Å². The summed E-state index contributed by atoms with van der Waals surface area (Å²) < 4.78 is 16.8. The van der Waals surface area contributed by atoms with E-state index in [1.54, 1.807) is 0 Å². The summed E-state index contributed by atoms with van der Waals surface area (Å²) in [6, 6.07) is 3.57. The molecule has 2 N–H and O–H groups in total. The first-order valence-corrected chi connectivity index (χ1v) is 2.89. The maximum atomic E-state index is 12.5. The van der Waals surface area contributed by atoms with Crippen molar-refractivity contribution in [3.05, 3.63) is 24.0 Å². The number of hydrogen-bond donors (Lipinski definition) is 0. The molecule has 1 rings (SSSR count). The Labute approximate surface area is 75.4 Å². The molecular formula is C7H6BFO4. The van der Waals surface area contributed by atoms with E-state index in [2.05, 4.69) is 4.74 Å². The standard InChI is InChI=1S/C7H4BFO2.2H2O/c8-5-1-6(9)3-7(2-5)11-4-10;;/h1-4H;2*1H2/q+2;;/p-2. The molecule has 1 aromatic rings. The van der Waals surface area contributed by atoms with E-state index in [4.69, 9.17) is 7.85 Å². The average Bonchev–Trinajstić information content (AvgIpc) is 1.85. The van der Waals surface area contributed by atoms with Gasteiger partial charge in [0.15, 0.2) is 0 Å². The summed E-state index contributed by atoms with van der Waals surface area (Å²) >= 11 is 0. The van der Waals surface area contributed by atoms with Crippen molar-refractivity contribution in [1.29, 1.82) is 0 Å². The monoisotopic (exact) mass is 184 g/mol. The van der Waals surface area contributed by atoms with Crippen LogP contribution in [0.25, 0.3) is 0 Å². The van der Waals surface area contributed by atoms with Crippen molar-refractivity contribution >= 4 is 19.8 Å². The summed E-state index contributed by atoms with van der Waals surface area (Å²) in [6.45, 7) is 0.216. The topological polar surface area (TPSA) is 86.3 Å². The maximum Gasteiger partial charge on any atom is -0.870 e. The Hall–Kier alpha value is -1.40. The van der Waals surface area contributed by atoms with Crippen molar-refractivity contribution in [2.24, 2.45) is 0 Å². The molecule has 0 aliphatic rings. The van der Waals surface area contributed by atoms with Crippen molar-refractivity contribution in [2.75, 3.05) is 0 Å². The van der Waals surface area contributed by atoms with Gasteiger partial charge in [-0.3, -0.25) is 0 Å². The quantitative estimate of drug-likeness (QED) is 0.470. The summed E-state index contributed by atoms with van der Waals surface area (Å²) in [4.78, 5) is 9.81. The van der Waals surface area contributed by atoms with Crippen LogP contribution >= 0.6 is 0 Å². The van der Waals surface area contributed by atoms with Crippen LogP contribution in [0.4, 0.5) is 4.39 Å². The number of ether oxygens (including phenoxy) is 1. The first-order chi connectivity index (χ1) is 5.22. The fourth-order valence-electron chi connectivity index (χ4n) is 0.708. The largest absolute Gasteiger partial charge is 0.870 e. The van der Waals surface area contributed by atoms with E-state index < -0.39 is 5.82 Å². The van der Waals surface area contributed by atoms with Gasteiger partial charge >= 0.3 is 63.5 Å². The number of hydrogen-bond acceptors (Lipinski definition) is 4. The van der Waals surface area contributed by atoms with Gasteiger partial charge in [-0.05, 0) is 0 Å². The number of rotatable bonds is 2. The van der Waals surface area contributed by atoms with Crippen LogP contribution in [-0.4, -0.2) is 25.3 Å². The van der Waals surface area contributed by atoms with Crippen LogP contribution < -0.4 is 10.2 Å². The number of halogens is 1. The SMILES string of the molecule is [B+2]c1cc(F)cc(OC=O)c1.[OH-].[OH-]. The predicted molar refractivity (Wildman–Crippen MR) is 42.4 cm³/mol. The second-order valence-corrected chi connectivity index (χ2v) is 1.93. The van der Waals surface area contributed by atoms with Crippen LogP contribution in [-0.2, 0) is 4.79 Å². The molecule has 0 saturated carbocycles. The van der Waals surface area contributed by atoms with Gasteiger partial charge < -0.3 is 11.0 Å². The molecule has 0 bridgehead atoms. The van der Waals surface area contributed by atoms with Crippen LogP contribution in [0.15, 0.2) is 18.2 Å². The molecule has 0 aromatic heterocycles. The molecule has 68 valence electrons. The first-order valence-electron chi connectivity index (χ1n) is 2.89. The summed E-state index contributed by atoms with van der Waals surface area (Å²) in [6.07, 6.45) is 0. The van der Waals surface area contributed by atoms with Crippen molar-refractivity contribution in [3.8, 4) is 5.75 Å². The Bertz CT molecular complexity index is 259. The molecule has 4 nitrogen and oxygen atoms in total. The van der Waals surface area contributed by atoms with E-state index in [0.717, 1.165) is 12.1 Å². The van der Waals surface area contributed by atoms with Crippen LogP contribution in [0, 0.1) is 5.82 Å². The van der Waals surface area contributed by atoms with E-state index in [1.165, 1.54) is 6.07 Å². The van der Waals surface area contributed by atoms with E-state index in [0.29, 0.717) is 0 Å². The molecule has 13 heavy (non-hydrogen) atoms. The molecule has 1 aromatic carbocycles. The number of benzene rings is 1. The molecule has 0 saturated heterocycles. The minimum Gasteiger partial charge on any atom is -0.870 e. The Balaban J connectivity index is 0. The van der Waals surface area contributed by atoms with Crippen LogP contribution in [0.3, 0.4) is 0 Å². The van der Waals surface area contributed by atoms with Gasteiger partial charge in [0, 0.05) is 0 Å². The zero-order valence-corrected chi connectivity index (χ0v) is 6.48. The minimum absolute atomic E-state index is 0. The molecule has 0 spiro atoms. The Morgan fingerprint density at radius 3 is 2.38 bits per heavy atom. The minimum atomic E-state index is -0.526. The van der Waals surface area contributed by atoms with E-state index in [-0.39, 0.29) is 28.6 Å². The third-order valence-electron chi connectivity index (χ3n) is 1.08. The van der Waals surface area contributed by atoms with E-state index in [9.17, 15) is 9.18 Å². The second-order valence-electron chi connectivity index (χ2n) is 1.93. The third-order valence-corrected chi connectivity index (χ3v) is 1.08. The van der Waals surface area contributed by atoms with Gasteiger partial charge in [-0.25, -0.2) is 0 Å². The molecule has 0 unspecified atom stereocenters. The normalized spacial score (nSPS) is 7.92. The number of carbonyl (C=O) groups is 1. The summed E-state index contributed by atoms with van der Waals surface area (Å²) in [5.74, 6) is -0.417. The van der Waals surface area contributed by atoms with Crippen molar-refractivity contribution in [2.45, 2.75) is 0 Å². The fourth-order valence-corrected chi connectivity index (χ4v) is 0.708. The summed E-state index contributed by atoms with van der Waals surface area (Å²) in [5, 5.41) is 0. The van der Waals surface area contributed by atoms with Gasteiger partial charge in [0.1, 0.15) is 0 Å². The second kappa shape index (κ2) is 6.16. The zero-order valence-electron chi connectivity index (χ0n) is 6.48. The van der Waals surface area contributed by atoms with Gasteiger partial charge in [0.05, 0.1) is 0 Å². The summed E-state index contributed by atoms with van der Waals surface area (Å²) in [7, 11) is 5.25. The molecule has 0 aliphatic heterocycles. The fraction of sp³-hybridized carbons (Fsp3) is 0. The number of carbonyl (C=O) groups excluding carboxylic acids is 1. The molecule has 0 atom stereocenters. The van der Waals surface area contributed by atoms with Gasteiger partial charge in [-0.1, -0.05) is 0 Å². The molecule has 6 heteroatoms. The third kappa shape index (κ3) is 4.24. The Kier molecular flexibility index (Phi) is 6.70. The molecule has 0 fully saturated rings. The smallest absolute Gasteiger partial charge is 0.870 e. The summed E-state index contributed by atoms with van der Waals surface area (Å²) in [5.41, 5.74) is 0.224. The molecular weight excluding hydrogens is 178 g/mol. The Morgan fingerprint density at radius 2 is 1.92 bits per heavy atom. The zero-order chi connectivity index (χ0) is 8.27. The van der Waals surface area contributed by atoms with Gasteiger partial charge in [0.2, 0.25) is 0 Å². The molecule has 0 radical (unpaired) electrons. The van der Waals surface area contributed by atoms with Crippen LogP contribution in [0.5, 0.6) is 5.75 Å². The molecule has 0 amide bonds. The van der Waals surface area contributed by atoms with Crippen molar-refractivity contribution < 1.29 is 24.9 Å². The predicted octanol–water partition coefficient (Wildman–Crippen LogP) is -0.199. The van der Waals surface area contributed by atoms with E-state index >= 15 is 0 Å². The van der Waals surface area contributed by atoms with Crippen LogP contribution in [0.2, 0.25) is 0 Å². The van der Waals surface area contributed by atoms with Gasteiger partial charge in [-0.15, -0.1) is 0 Å². The maximum absolute atomic E-state index is 12.5. The van der Waals surface area contributed by atoms with Gasteiger partial charge in [0.25, 0.3) is 0 Å². The van der Waals surface area contributed by atoms with Crippen LogP contribution in [0.1, 0.15) is 0 Å². The Morgan fingerprint density at radius 1 is 1.31 bits per heavy atom. The average molecular weight is 184 g/mol. The molecule has 0 aliphatic carbocycles.